The number of rotatable bonds is 4. The molecule has 22 heavy (non-hydrogen) atoms. The number of hydrogen-bond acceptors (Lipinski definition) is 7. The molecule has 1 atom stereocenters. The Balaban J connectivity index is 1.70. The molecule has 3 heterocycles. The van der Waals surface area contributed by atoms with Gasteiger partial charge in [0.2, 0.25) is 0 Å². The summed E-state index contributed by atoms with van der Waals surface area (Å²) in [6.07, 6.45) is 1.76. The summed E-state index contributed by atoms with van der Waals surface area (Å²) < 4.78 is 11.3. The van der Waals surface area contributed by atoms with Gasteiger partial charge in [0.15, 0.2) is 18.5 Å². The predicted molar refractivity (Wildman–Crippen MR) is 76.8 cm³/mol. The maximum absolute atomic E-state index is 12.0. The van der Waals surface area contributed by atoms with Crippen LogP contribution in [0.3, 0.4) is 0 Å². The molecule has 0 radical (unpaired) electrons. The summed E-state index contributed by atoms with van der Waals surface area (Å²) >= 11 is 1.48. The number of esters is 1. The van der Waals surface area contributed by atoms with Gasteiger partial charge in [-0.25, -0.2) is 4.79 Å². The van der Waals surface area contributed by atoms with Gasteiger partial charge in [-0.2, -0.15) is 4.73 Å². The Morgan fingerprint density at radius 2 is 2.14 bits per heavy atom. The van der Waals surface area contributed by atoms with Crippen molar-refractivity contribution in [3.63, 3.8) is 0 Å². The number of carbonyl (C=O) groups excluding carboxylic acids is 1. The van der Waals surface area contributed by atoms with E-state index in [0.29, 0.717) is 10.6 Å². The molecule has 7 nitrogen and oxygen atoms in total. The quantitative estimate of drug-likeness (QED) is 0.416. The van der Waals surface area contributed by atoms with Crippen LogP contribution in [0, 0.1) is 5.21 Å². The lowest BCUT2D eigenvalue weighted by Crippen LogP contribution is -2.24. The number of thiophene rings is 1. The first-order valence-electron chi connectivity index (χ1n) is 6.40. The lowest BCUT2D eigenvalue weighted by molar-refractivity contribution is -0.605. The van der Waals surface area contributed by atoms with Crippen LogP contribution in [0.2, 0.25) is 0 Å². The monoisotopic (exact) mass is 317 g/mol. The van der Waals surface area contributed by atoms with Crippen molar-refractivity contribution < 1.29 is 18.7 Å². The van der Waals surface area contributed by atoms with Crippen LogP contribution in [0.4, 0.5) is 0 Å². The van der Waals surface area contributed by atoms with E-state index in [1.807, 2.05) is 17.5 Å². The van der Waals surface area contributed by atoms with Crippen LogP contribution < -0.4 is 4.73 Å². The van der Waals surface area contributed by atoms with Gasteiger partial charge in [0.1, 0.15) is 0 Å². The van der Waals surface area contributed by atoms with Crippen LogP contribution in [0.1, 0.15) is 29.3 Å². The molecule has 3 aromatic rings. The van der Waals surface area contributed by atoms with Crippen molar-refractivity contribution >= 4 is 17.3 Å². The molecule has 0 fully saturated rings. The average molecular weight is 317 g/mol. The summed E-state index contributed by atoms with van der Waals surface area (Å²) in [5.41, 5.74) is 0.275. The zero-order valence-electron chi connectivity index (χ0n) is 11.5. The Kier molecular flexibility index (Phi) is 3.84. The van der Waals surface area contributed by atoms with Gasteiger partial charge in [0, 0.05) is 12.1 Å². The van der Waals surface area contributed by atoms with E-state index in [2.05, 4.69) is 10.2 Å². The summed E-state index contributed by atoms with van der Waals surface area (Å²) in [7, 11) is 0. The average Bonchev–Trinajstić information content (AvgIpc) is 3.19. The van der Waals surface area contributed by atoms with E-state index in [4.69, 9.17) is 9.15 Å². The second-order valence-electron chi connectivity index (χ2n) is 4.42. The standard InChI is InChI=1S/C14H11N3O4S/c1-9(20-14(18)10-4-6-17(19)7-5-10)12-15-16-13(21-12)11-3-2-8-22-11/h2-9H,1H3/t9-/m1/s1. The minimum absolute atomic E-state index is 0.214. The fraction of sp³-hybridized carbons (Fsp3) is 0.143. The smallest absolute Gasteiger partial charge is 0.339 e. The highest BCUT2D eigenvalue weighted by Crippen LogP contribution is 2.26. The van der Waals surface area contributed by atoms with E-state index >= 15 is 0 Å². The molecule has 3 rings (SSSR count). The van der Waals surface area contributed by atoms with Gasteiger partial charge in [0.25, 0.3) is 11.8 Å². The third-order valence-corrected chi connectivity index (χ3v) is 3.70. The molecule has 3 aromatic heterocycles. The summed E-state index contributed by atoms with van der Waals surface area (Å²) in [6, 6.07) is 6.51. The van der Waals surface area contributed by atoms with Crippen molar-refractivity contribution in [2.75, 3.05) is 0 Å². The van der Waals surface area contributed by atoms with Gasteiger partial charge in [-0.3, -0.25) is 0 Å². The van der Waals surface area contributed by atoms with Crippen molar-refractivity contribution in [3.05, 3.63) is 58.7 Å². The Morgan fingerprint density at radius 1 is 1.36 bits per heavy atom. The van der Waals surface area contributed by atoms with Gasteiger partial charge >= 0.3 is 5.97 Å². The van der Waals surface area contributed by atoms with Gasteiger partial charge in [-0.15, -0.1) is 21.5 Å². The molecule has 0 unspecified atom stereocenters. The Hall–Kier alpha value is -2.74. The molecule has 0 N–H and O–H groups in total. The van der Waals surface area contributed by atoms with Gasteiger partial charge in [0.05, 0.1) is 10.4 Å². The van der Waals surface area contributed by atoms with Crippen molar-refractivity contribution in [3.8, 4) is 10.8 Å². The Bertz CT molecular complexity index is 768. The number of nitrogens with zero attached hydrogens (tertiary/aromatic N) is 3. The zero-order chi connectivity index (χ0) is 15.5. The molecule has 0 saturated heterocycles. The number of hydrogen-bond donors (Lipinski definition) is 0. The van der Waals surface area contributed by atoms with Crippen LogP contribution in [0.25, 0.3) is 10.8 Å². The number of carbonyl (C=O) groups is 1. The molecule has 0 aromatic carbocycles. The van der Waals surface area contributed by atoms with Crippen LogP contribution in [0.5, 0.6) is 0 Å². The molecule has 0 saturated carbocycles. The van der Waals surface area contributed by atoms with E-state index in [-0.39, 0.29) is 11.5 Å². The van der Waals surface area contributed by atoms with Crippen LogP contribution in [-0.4, -0.2) is 16.2 Å². The number of aromatic nitrogens is 3. The maximum atomic E-state index is 12.0. The first-order chi connectivity index (χ1) is 10.6. The van der Waals surface area contributed by atoms with Crippen molar-refractivity contribution in [2.45, 2.75) is 13.0 Å². The lowest BCUT2D eigenvalue weighted by Gasteiger charge is -2.08. The SMILES string of the molecule is C[C@@H](OC(=O)c1cc[n+]([O-])cc1)c1nnc(-c2cccs2)o1. The van der Waals surface area contributed by atoms with Crippen LogP contribution in [0.15, 0.2) is 46.5 Å². The molecule has 0 bridgehead atoms. The van der Waals surface area contributed by atoms with Gasteiger partial charge in [-0.05, 0) is 18.4 Å². The minimum atomic E-state index is -0.687. The topological polar surface area (TPSA) is 92.2 Å². The Labute approximate surface area is 129 Å². The normalized spacial score (nSPS) is 12.0. The van der Waals surface area contributed by atoms with E-state index in [9.17, 15) is 10.0 Å². The molecular formula is C14H11N3O4S. The number of ether oxygens (including phenoxy) is 1. The fourth-order valence-electron chi connectivity index (χ4n) is 1.73. The van der Waals surface area contributed by atoms with Crippen molar-refractivity contribution in [1.29, 1.82) is 0 Å². The second-order valence-corrected chi connectivity index (χ2v) is 5.36. The summed E-state index contributed by atoms with van der Waals surface area (Å²) in [5.74, 6) is 0.0375. The zero-order valence-corrected chi connectivity index (χ0v) is 12.3. The predicted octanol–water partition coefficient (Wildman–Crippen LogP) is 2.35. The van der Waals surface area contributed by atoms with E-state index in [1.54, 1.807) is 6.92 Å². The van der Waals surface area contributed by atoms with E-state index in [0.717, 1.165) is 4.88 Å². The largest absolute Gasteiger partial charge is 0.619 e. The molecule has 0 amide bonds. The van der Waals surface area contributed by atoms with Crippen molar-refractivity contribution in [2.24, 2.45) is 0 Å². The number of pyridine rings is 1. The molecule has 0 aliphatic rings. The third-order valence-electron chi connectivity index (χ3n) is 2.84. The highest BCUT2D eigenvalue weighted by atomic mass is 32.1. The minimum Gasteiger partial charge on any atom is -0.619 e. The highest BCUT2D eigenvalue weighted by molar-refractivity contribution is 7.13. The molecular weight excluding hydrogens is 306 g/mol. The summed E-state index contributed by atoms with van der Waals surface area (Å²) in [4.78, 5) is 12.8. The van der Waals surface area contributed by atoms with Crippen molar-refractivity contribution in [1.82, 2.24) is 10.2 Å². The lowest BCUT2D eigenvalue weighted by atomic mass is 10.3. The second kappa shape index (κ2) is 5.94. The molecule has 112 valence electrons. The molecule has 0 spiro atoms. The highest BCUT2D eigenvalue weighted by Gasteiger charge is 2.20. The molecule has 8 heteroatoms. The molecule has 0 aliphatic carbocycles. The van der Waals surface area contributed by atoms with Crippen LogP contribution in [-0.2, 0) is 4.74 Å². The van der Waals surface area contributed by atoms with Crippen LogP contribution >= 0.6 is 11.3 Å². The maximum Gasteiger partial charge on any atom is 0.339 e. The first-order valence-corrected chi connectivity index (χ1v) is 7.28. The molecule has 0 aliphatic heterocycles. The first kappa shape index (κ1) is 14.2. The van der Waals surface area contributed by atoms with Gasteiger partial charge < -0.3 is 14.4 Å². The third kappa shape index (κ3) is 2.96. The van der Waals surface area contributed by atoms with E-state index < -0.39 is 12.1 Å². The Morgan fingerprint density at radius 3 is 2.82 bits per heavy atom. The van der Waals surface area contributed by atoms with Gasteiger partial charge in [-0.1, -0.05) is 6.07 Å². The fourth-order valence-corrected chi connectivity index (χ4v) is 2.37. The summed E-state index contributed by atoms with van der Waals surface area (Å²) in [5, 5.41) is 20.7. The van der Waals surface area contributed by atoms with E-state index in [1.165, 1.54) is 35.9 Å². The summed E-state index contributed by atoms with van der Waals surface area (Å²) in [6.45, 7) is 1.64.